The van der Waals surface area contributed by atoms with Crippen LogP contribution in [-0.2, 0) is 0 Å². The van der Waals surface area contributed by atoms with Gasteiger partial charge in [0.2, 0.25) is 0 Å². The normalized spacial score (nSPS) is 15.5. The van der Waals surface area contributed by atoms with Crippen LogP contribution in [0, 0.1) is 5.92 Å². The fourth-order valence-electron chi connectivity index (χ4n) is 2.36. The summed E-state index contributed by atoms with van der Waals surface area (Å²) >= 11 is 0. The zero-order valence-electron chi connectivity index (χ0n) is 14.9. The molecule has 0 fully saturated rings. The van der Waals surface area contributed by atoms with Crippen molar-refractivity contribution < 1.29 is 14.3 Å². The van der Waals surface area contributed by atoms with Gasteiger partial charge in [0.1, 0.15) is 0 Å². The number of methoxy groups -OCH3 is 1. The Morgan fingerprint density at radius 1 is 1.29 bits per heavy atom. The lowest BCUT2D eigenvalue weighted by Crippen LogP contribution is -2.19. The molecule has 24 heavy (non-hydrogen) atoms. The van der Waals surface area contributed by atoms with Gasteiger partial charge in [-0.3, -0.25) is 4.79 Å². The lowest BCUT2D eigenvalue weighted by atomic mass is 10.1. The molecular formula is C19H26N2O3. The van der Waals surface area contributed by atoms with Gasteiger partial charge < -0.3 is 9.47 Å². The quantitative estimate of drug-likeness (QED) is 0.770. The minimum absolute atomic E-state index is 0.257. The number of carbonyl (C=O) groups is 1. The van der Waals surface area contributed by atoms with E-state index in [0.717, 1.165) is 25.0 Å². The topological polar surface area (TPSA) is 59.9 Å². The van der Waals surface area contributed by atoms with Gasteiger partial charge in [0.25, 0.3) is 5.91 Å². The number of rotatable bonds is 7. The van der Waals surface area contributed by atoms with Gasteiger partial charge >= 0.3 is 0 Å². The van der Waals surface area contributed by atoms with Crippen LogP contribution in [0.5, 0.6) is 11.5 Å². The standard InChI is InChI=1S/C19H26N2O3/c1-13(2)9-10-24-17-8-6-15(12-18(17)23-4)19(22)21-20-16-7-5-14(3)11-16/h6,8,11-13H,5,7,9-10H2,1-4H3,(H,21,22). The van der Waals surface area contributed by atoms with Gasteiger partial charge in [-0.1, -0.05) is 19.4 Å². The van der Waals surface area contributed by atoms with Crippen molar-refractivity contribution in [2.75, 3.05) is 13.7 Å². The Morgan fingerprint density at radius 2 is 2.08 bits per heavy atom. The Bertz CT molecular complexity index is 648. The summed E-state index contributed by atoms with van der Waals surface area (Å²) in [4.78, 5) is 12.2. The minimum atomic E-state index is -0.257. The maximum Gasteiger partial charge on any atom is 0.271 e. The van der Waals surface area contributed by atoms with Crippen molar-refractivity contribution in [2.24, 2.45) is 11.0 Å². The first-order valence-corrected chi connectivity index (χ1v) is 8.34. The van der Waals surface area contributed by atoms with Crippen molar-refractivity contribution >= 4 is 11.6 Å². The maximum absolute atomic E-state index is 12.2. The van der Waals surface area contributed by atoms with E-state index in [1.807, 2.05) is 6.08 Å². The van der Waals surface area contributed by atoms with Gasteiger partial charge in [0, 0.05) is 5.56 Å². The van der Waals surface area contributed by atoms with Gasteiger partial charge in [-0.05, 0) is 56.4 Å². The molecule has 0 saturated heterocycles. The Morgan fingerprint density at radius 3 is 2.71 bits per heavy atom. The van der Waals surface area contributed by atoms with Crippen molar-refractivity contribution in [3.8, 4) is 11.5 Å². The highest BCUT2D eigenvalue weighted by Crippen LogP contribution is 2.28. The molecule has 0 radical (unpaired) electrons. The van der Waals surface area contributed by atoms with Crippen LogP contribution >= 0.6 is 0 Å². The molecule has 2 rings (SSSR count). The monoisotopic (exact) mass is 330 g/mol. The maximum atomic E-state index is 12.2. The van der Waals surface area contributed by atoms with Crippen molar-refractivity contribution in [3.05, 3.63) is 35.4 Å². The van der Waals surface area contributed by atoms with Gasteiger partial charge in [-0.2, -0.15) is 5.10 Å². The smallest absolute Gasteiger partial charge is 0.271 e. The highest BCUT2D eigenvalue weighted by atomic mass is 16.5. The molecule has 0 bridgehead atoms. The first-order chi connectivity index (χ1) is 11.5. The zero-order chi connectivity index (χ0) is 17.5. The largest absolute Gasteiger partial charge is 0.493 e. The van der Waals surface area contributed by atoms with E-state index < -0.39 is 0 Å². The Labute approximate surface area is 143 Å². The lowest BCUT2D eigenvalue weighted by molar-refractivity contribution is 0.0954. The third-order valence-corrected chi connectivity index (χ3v) is 3.87. The molecule has 1 aromatic carbocycles. The van der Waals surface area contributed by atoms with Gasteiger partial charge in [0.15, 0.2) is 11.5 Å². The second-order valence-electron chi connectivity index (χ2n) is 6.43. The predicted octanol–water partition coefficient (Wildman–Crippen LogP) is 3.95. The summed E-state index contributed by atoms with van der Waals surface area (Å²) in [6.07, 6.45) is 4.85. The van der Waals surface area contributed by atoms with E-state index in [4.69, 9.17) is 9.47 Å². The summed E-state index contributed by atoms with van der Waals surface area (Å²) < 4.78 is 11.1. The fourth-order valence-corrected chi connectivity index (χ4v) is 2.36. The molecule has 0 aromatic heterocycles. The van der Waals surface area contributed by atoms with Crippen LogP contribution in [0.3, 0.4) is 0 Å². The summed E-state index contributed by atoms with van der Waals surface area (Å²) in [5.41, 5.74) is 5.28. The first-order valence-electron chi connectivity index (χ1n) is 8.34. The van der Waals surface area contributed by atoms with Crippen LogP contribution in [0.4, 0.5) is 0 Å². The molecule has 1 aromatic rings. The van der Waals surface area contributed by atoms with E-state index in [2.05, 4.69) is 31.3 Å². The minimum Gasteiger partial charge on any atom is -0.493 e. The molecule has 130 valence electrons. The van der Waals surface area contributed by atoms with Gasteiger partial charge in [-0.25, -0.2) is 5.43 Å². The number of carbonyl (C=O) groups excluding carboxylic acids is 1. The number of allylic oxidation sites excluding steroid dienone is 2. The number of nitrogens with zero attached hydrogens (tertiary/aromatic N) is 1. The third kappa shape index (κ3) is 5.11. The fraction of sp³-hybridized carbons (Fsp3) is 0.474. The lowest BCUT2D eigenvalue weighted by Gasteiger charge is -2.12. The number of ether oxygens (including phenoxy) is 2. The third-order valence-electron chi connectivity index (χ3n) is 3.87. The number of benzene rings is 1. The molecule has 0 aliphatic heterocycles. The van der Waals surface area contributed by atoms with Crippen LogP contribution in [0.15, 0.2) is 34.9 Å². The summed E-state index contributed by atoms with van der Waals surface area (Å²) in [5, 5.41) is 4.17. The number of hydrazone groups is 1. The number of nitrogens with one attached hydrogen (secondary N) is 1. The number of amides is 1. The Balaban J connectivity index is 2.01. The molecule has 1 amide bonds. The van der Waals surface area contributed by atoms with Gasteiger partial charge in [0.05, 0.1) is 19.4 Å². The zero-order valence-corrected chi connectivity index (χ0v) is 14.9. The van der Waals surface area contributed by atoms with Crippen LogP contribution in [-0.4, -0.2) is 25.3 Å². The average molecular weight is 330 g/mol. The van der Waals surface area contributed by atoms with Crippen LogP contribution in [0.2, 0.25) is 0 Å². The molecule has 0 saturated carbocycles. The number of hydrogen-bond acceptors (Lipinski definition) is 4. The molecular weight excluding hydrogens is 304 g/mol. The van der Waals surface area contributed by atoms with Gasteiger partial charge in [-0.15, -0.1) is 0 Å². The molecule has 0 spiro atoms. The van der Waals surface area contributed by atoms with Crippen molar-refractivity contribution in [3.63, 3.8) is 0 Å². The van der Waals surface area contributed by atoms with E-state index in [1.165, 1.54) is 5.57 Å². The summed E-state index contributed by atoms with van der Waals surface area (Å²) in [7, 11) is 1.57. The first kappa shape index (κ1) is 18.0. The van der Waals surface area contributed by atoms with Crippen LogP contribution < -0.4 is 14.9 Å². The number of hydrogen-bond donors (Lipinski definition) is 1. The van der Waals surface area contributed by atoms with Crippen LogP contribution in [0.25, 0.3) is 0 Å². The molecule has 0 unspecified atom stereocenters. The SMILES string of the molecule is COc1cc(C(=O)NN=C2C=C(C)CC2)ccc1OCCC(C)C. The predicted molar refractivity (Wildman–Crippen MR) is 95.8 cm³/mol. The van der Waals surface area contributed by atoms with E-state index >= 15 is 0 Å². The average Bonchev–Trinajstić information content (AvgIpc) is 2.98. The van der Waals surface area contributed by atoms with E-state index in [-0.39, 0.29) is 5.91 Å². The van der Waals surface area contributed by atoms with Crippen molar-refractivity contribution in [1.29, 1.82) is 0 Å². The molecule has 0 atom stereocenters. The molecule has 1 N–H and O–H groups in total. The summed E-state index contributed by atoms with van der Waals surface area (Å²) in [6, 6.07) is 5.16. The molecule has 1 aliphatic carbocycles. The van der Waals surface area contributed by atoms with E-state index in [1.54, 1.807) is 25.3 Å². The Kier molecular flexibility index (Phi) is 6.41. The molecule has 5 nitrogen and oxygen atoms in total. The van der Waals surface area contributed by atoms with E-state index in [0.29, 0.717) is 29.6 Å². The Hall–Kier alpha value is -2.30. The van der Waals surface area contributed by atoms with Crippen molar-refractivity contribution in [2.45, 2.75) is 40.0 Å². The van der Waals surface area contributed by atoms with Crippen molar-refractivity contribution in [1.82, 2.24) is 5.43 Å². The summed E-state index contributed by atoms with van der Waals surface area (Å²) in [5.74, 6) is 1.52. The second kappa shape index (κ2) is 8.52. The van der Waals surface area contributed by atoms with E-state index in [9.17, 15) is 4.79 Å². The van der Waals surface area contributed by atoms with Crippen LogP contribution in [0.1, 0.15) is 50.4 Å². The molecule has 0 heterocycles. The highest BCUT2D eigenvalue weighted by molar-refractivity contribution is 6.00. The summed E-state index contributed by atoms with van der Waals surface area (Å²) in [6.45, 7) is 6.99. The molecule has 1 aliphatic rings. The molecule has 5 heteroatoms. The second-order valence-corrected chi connectivity index (χ2v) is 6.43. The highest BCUT2D eigenvalue weighted by Gasteiger charge is 2.12.